The normalized spacial score (nSPS) is 18.8. The lowest BCUT2D eigenvalue weighted by Gasteiger charge is -2.35. The van der Waals surface area contributed by atoms with Gasteiger partial charge in [0.25, 0.3) is 0 Å². The average Bonchev–Trinajstić information content (AvgIpc) is 2.54. The lowest BCUT2D eigenvalue weighted by atomic mass is 9.74. The number of sulfone groups is 1. The van der Waals surface area contributed by atoms with Gasteiger partial charge in [-0.05, 0) is 50.4 Å². The number of piperidine rings is 1. The Hall–Kier alpha value is -1.44. The molecule has 24 heavy (non-hydrogen) atoms. The molecule has 1 saturated heterocycles. The van der Waals surface area contributed by atoms with E-state index in [4.69, 9.17) is 10.5 Å². The maximum absolute atomic E-state index is 12.5. The number of nitrogens with one attached hydrogen (secondary N) is 1. The van der Waals surface area contributed by atoms with Crippen LogP contribution in [0.2, 0.25) is 0 Å². The summed E-state index contributed by atoms with van der Waals surface area (Å²) in [7, 11) is -3.37. The Balaban J connectivity index is 2.28. The third-order valence-electron chi connectivity index (χ3n) is 4.55. The van der Waals surface area contributed by atoms with Gasteiger partial charge in [-0.25, -0.2) is 8.42 Å². The van der Waals surface area contributed by atoms with Gasteiger partial charge in [-0.3, -0.25) is 4.79 Å². The highest BCUT2D eigenvalue weighted by atomic mass is 32.2. The Bertz CT molecular complexity index is 682. The highest BCUT2D eigenvalue weighted by Gasteiger charge is 2.41. The maximum Gasteiger partial charge on any atom is 0.312 e. The van der Waals surface area contributed by atoms with Gasteiger partial charge in [0.15, 0.2) is 9.84 Å². The predicted molar refractivity (Wildman–Crippen MR) is 93.1 cm³/mol. The van der Waals surface area contributed by atoms with Crippen molar-refractivity contribution >= 4 is 15.8 Å². The molecule has 0 aliphatic carbocycles. The maximum atomic E-state index is 12.5. The third kappa shape index (κ3) is 4.34. The summed E-state index contributed by atoms with van der Waals surface area (Å²) in [5.74, 6) is -0.177. The molecule has 1 aliphatic heterocycles. The molecule has 1 unspecified atom stereocenters. The van der Waals surface area contributed by atoms with Gasteiger partial charge in [-0.1, -0.05) is 24.3 Å². The standard InChI is InChI=1S/C17H26N2O4S/c1-3-23-16(20)17(7-9-19-10-8-17)12-13-5-4-6-14(11-13)15(18)24(2,21)22/h4-6,11,15,19H,3,7-10,12,18H2,1-2H3. The Labute approximate surface area is 143 Å². The summed E-state index contributed by atoms with van der Waals surface area (Å²) in [4.78, 5) is 12.5. The van der Waals surface area contributed by atoms with E-state index in [1.54, 1.807) is 25.1 Å². The van der Waals surface area contributed by atoms with Gasteiger partial charge in [0.05, 0.1) is 12.0 Å². The molecular formula is C17H26N2O4S. The largest absolute Gasteiger partial charge is 0.466 e. The number of hydrogen-bond donors (Lipinski definition) is 2. The predicted octanol–water partition coefficient (Wildman–Crippen LogP) is 1.16. The topological polar surface area (TPSA) is 98.5 Å². The fourth-order valence-electron chi connectivity index (χ4n) is 3.16. The van der Waals surface area contributed by atoms with Crippen molar-refractivity contribution in [1.82, 2.24) is 5.32 Å². The van der Waals surface area contributed by atoms with E-state index in [2.05, 4.69) is 5.32 Å². The summed E-state index contributed by atoms with van der Waals surface area (Å²) < 4.78 is 28.7. The van der Waals surface area contributed by atoms with Gasteiger partial charge in [0.1, 0.15) is 5.37 Å². The van der Waals surface area contributed by atoms with Gasteiger partial charge in [0.2, 0.25) is 0 Å². The zero-order valence-corrected chi connectivity index (χ0v) is 15.1. The van der Waals surface area contributed by atoms with E-state index in [0.717, 1.165) is 24.9 Å². The molecule has 0 bridgehead atoms. The van der Waals surface area contributed by atoms with Crippen LogP contribution >= 0.6 is 0 Å². The number of ether oxygens (including phenoxy) is 1. The molecule has 1 aromatic carbocycles. The van der Waals surface area contributed by atoms with Crippen LogP contribution in [0.25, 0.3) is 0 Å². The van der Waals surface area contributed by atoms with E-state index < -0.39 is 20.6 Å². The van der Waals surface area contributed by atoms with E-state index in [0.29, 0.717) is 31.4 Å². The number of esters is 1. The smallest absolute Gasteiger partial charge is 0.312 e. The van der Waals surface area contributed by atoms with Crippen LogP contribution in [0.4, 0.5) is 0 Å². The second kappa shape index (κ2) is 7.63. The number of benzene rings is 1. The van der Waals surface area contributed by atoms with E-state index in [9.17, 15) is 13.2 Å². The summed E-state index contributed by atoms with van der Waals surface area (Å²) in [5, 5.41) is 2.21. The Morgan fingerprint density at radius 2 is 2.04 bits per heavy atom. The molecule has 1 aliphatic rings. The monoisotopic (exact) mass is 354 g/mol. The molecule has 6 nitrogen and oxygen atoms in total. The summed E-state index contributed by atoms with van der Waals surface area (Å²) in [6.45, 7) is 3.69. The van der Waals surface area contributed by atoms with Crippen molar-refractivity contribution in [3.05, 3.63) is 35.4 Å². The molecule has 1 aromatic rings. The number of rotatable bonds is 6. The van der Waals surface area contributed by atoms with Crippen molar-refractivity contribution in [2.45, 2.75) is 31.6 Å². The van der Waals surface area contributed by atoms with Crippen molar-refractivity contribution in [3.63, 3.8) is 0 Å². The minimum absolute atomic E-state index is 0.177. The van der Waals surface area contributed by atoms with Gasteiger partial charge >= 0.3 is 5.97 Å². The van der Waals surface area contributed by atoms with Crippen LogP contribution in [0.5, 0.6) is 0 Å². The van der Waals surface area contributed by atoms with Crippen LogP contribution in [-0.4, -0.2) is 40.3 Å². The highest BCUT2D eigenvalue weighted by Crippen LogP contribution is 2.35. The summed E-state index contributed by atoms with van der Waals surface area (Å²) in [6, 6.07) is 7.18. The van der Waals surface area contributed by atoms with Crippen LogP contribution in [0.1, 0.15) is 36.3 Å². The minimum atomic E-state index is -3.37. The molecule has 7 heteroatoms. The molecule has 0 saturated carbocycles. The van der Waals surface area contributed by atoms with Gasteiger partial charge in [-0.15, -0.1) is 0 Å². The average molecular weight is 354 g/mol. The van der Waals surface area contributed by atoms with Crippen LogP contribution in [0, 0.1) is 5.41 Å². The second-order valence-corrected chi connectivity index (χ2v) is 8.59. The van der Waals surface area contributed by atoms with Gasteiger partial charge in [0, 0.05) is 6.26 Å². The van der Waals surface area contributed by atoms with Crippen molar-refractivity contribution in [3.8, 4) is 0 Å². The van der Waals surface area contributed by atoms with E-state index >= 15 is 0 Å². The summed E-state index contributed by atoms with van der Waals surface area (Å²) >= 11 is 0. The third-order valence-corrected chi connectivity index (χ3v) is 5.75. The lowest BCUT2D eigenvalue weighted by Crippen LogP contribution is -2.44. The van der Waals surface area contributed by atoms with Crippen LogP contribution in [0.3, 0.4) is 0 Å². The zero-order valence-electron chi connectivity index (χ0n) is 14.2. The second-order valence-electron chi connectivity index (χ2n) is 6.42. The van der Waals surface area contributed by atoms with Gasteiger partial charge < -0.3 is 15.8 Å². The quantitative estimate of drug-likeness (QED) is 0.744. The lowest BCUT2D eigenvalue weighted by molar-refractivity contribution is -0.157. The van der Waals surface area contributed by atoms with Crippen molar-refractivity contribution in [2.75, 3.05) is 26.0 Å². The van der Waals surface area contributed by atoms with Crippen molar-refractivity contribution in [2.24, 2.45) is 11.1 Å². The molecular weight excluding hydrogens is 328 g/mol. The number of nitrogens with two attached hydrogens (primary N) is 1. The Morgan fingerprint density at radius 1 is 1.38 bits per heavy atom. The minimum Gasteiger partial charge on any atom is -0.466 e. The Morgan fingerprint density at radius 3 is 2.62 bits per heavy atom. The first-order valence-electron chi connectivity index (χ1n) is 8.20. The number of carbonyl (C=O) groups is 1. The van der Waals surface area contributed by atoms with Crippen molar-refractivity contribution < 1.29 is 17.9 Å². The van der Waals surface area contributed by atoms with Crippen LogP contribution < -0.4 is 11.1 Å². The van der Waals surface area contributed by atoms with Crippen LogP contribution in [-0.2, 0) is 25.8 Å². The molecule has 1 fully saturated rings. The fourth-order valence-corrected chi connectivity index (χ4v) is 3.80. The first-order chi connectivity index (χ1) is 11.3. The van der Waals surface area contributed by atoms with Crippen LogP contribution in [0.15, 0.2) is 24.3 Å². The zero-order chi connectivity index (χ0) is 17.8. The molecule has 1 atom stereocenters. The highest BCUT2D eigenvalue weighted by molar-refractivity contribution is 7.90. The molecule has 0 aromatic heterocycles. The molecule has 3 N–H and O–H groups in total. The molecule has 0 amide bonds. The molecule has 0 radical (unpaired) electrons. The fraction of sp³-hybridized carbons (Fsp3) is 0.588. The van der Waals surface area contributed by atoms with E-state index in [1.165, 1.54) is 0 Å². The molecule has 0 spiro atoms. The van der Waals surface area contributed by atoms with E-state index in [1.807, 2.05) is 6.07 Å². The first kappa shape index (κ1) is 18.9. The van der Waals surface area contributed by atoms with Crippen molar-refractivity contribution in [1.29, 1.82) is 0 Å². The summed E-state index contributed by atoms with van der Waals surface area (Å²) in [6.07, 6.45) is 3.05. The number of hydrogen-bond acceptors (Lipinski definition) is 6. The molecule has 1 heterocycles. The SMILES string of the molecule is CCOC(=O)C1(Cc2cccc(C(N)S(C)(=O)=O)c2)CCNCC1. The molecule has 134 valence electrons. The summed E-state index contributed by atoms with van der Waals surface area (Å²) in [5.41, 5.74) is 6.71. The molecule has 2 rings (SSSR count). The first-order valence-corrected chi connectivity index (χ1v) is 10.2. The Kier molecular flexibility index (Phi) is 6.01. The van der Waals surface area contributed by atoms with E-state index in [-0.39, 0.29) is 5.97 Å². The number of carbonyl (C=O) groups excluding carboxylic acids is 1. The van der Waals surface area contributed by atoms with Gasteiger partial charge in [-0.2, -0.15) is 0 Å².